The van der Waals surface area contributed by atoms with E-state index in [0.717, 1.165) is 30.8 Å². The SMILES string of the molecule is COc1ccc(C(=O)N2CCC[C@H]2c2ccn[nH]2)cc1. The summed E-state index contributed by atoms with van der Waals surface area (Å²) in [5, 5.41) is 6.95. The molecule has 2 heterocycles. The molecule has 1 N–H and O–H groups in total. The van der Waals surface area contributed by atoms with Gasteiger partial charge in [-0.1, -0.05) is 0 Å². The van der Waals surface area contributed by atoms with Crippen LogP contribution in [-0.4, -0.2) is 34.7 Å². The average molecular weight is 271 g/mol. The summed E-state index contributed by atoms with van der Waals surface area (Å²) in [5.74, 6) is 0.817. The maximum atomic E-state index is 12.6. The summed E-state index contributed by atoms with van der Waals surface area (Å²) < 4.78 is 5.12. The van der Waals surface area contributed by atoms with Crippen LogP contribution in [0.1, 0.15) is 34.9 Å². The van der Waals surface area contributed by atoms with Crippen LogP contribution in [0, 0.1) is 0 Å². The molecule has 1 atom stereocenters. The van der Waals surface area contributed by atoms with Crippen LogP contribution in [-0.2, 0) is 0 Å². The van der Waals surface area contributed by atoms with Gasteiger partial charge in [-0.3, -0.25) is 9.89 Å². The number of carbonyl (C=O) groups excluding carboxylic acids is 1. The monoisotopic (exact) mass is 271 g/mol. The predicted molar refractivity (Wildman–Crippen MR) is 74.6 cm³/mol. The molecule has 20 heavy (non-hydrogen) atoms. The molecular formula is C15H17N3O2. The molecule has 0 radical (unpaired) electrons. The zero-order valence-electron chi connectivity index (χ0n) is 11.4. The number of nitrogens with one attached hydrogen (secondary N) is 1. The molecule has 0 bridgehead atoms. The number of hydrogen-bond donors (Lipinski definition) is 1. The number of methoxy groups -OCH3 is 1. The van der Waals surface area contributed by atoms with Gasteiger partial charge in [0.2, 0.25) is 0 Å². The minimum Gasteiger partial charge on any atom is -0.497 e. The van der Waals surface area contributed by atoms with Gasteiger partial charge >= 0.3 is 0 Å². The van der Waals surface area contributed by atoms with E-state index in [0.29, 0.717) is 5.56 Å². The molecular weight excluding hydrogens is 254 g/mol. The van der Waals surface area contributed by atoms with Crippen molar-refractivity contribution < 1.29 is 9.53 Å². The summed E-state index contributed by atoms with van der Waals surface area (Å²) in [5.41, 5.74) is 1.70. The standard InChI is InChI=1S/C15H17N3O2/c1-20-12-6-4-11(5-7-12)15(19)18-10-2-3-14(18)13-8-9-16-17-13/h4-9,14H,2-3,10H2,1H3,(H,16,17)/t14-/m0/s1. The molecule has 3 rings (SSSR count). The van der Waals surface area contributed by atoms with Crippen molar-refractivity contribution in [2.75, 3.05) is 13.7 Å². The summed E-state index contributed by atoms with van der Waals surface area (Å²) >= 11 is 0. The van der Waals surface area contributed by atoms with E-state index >= 15 is 0 Å². The van der Waals surface area contributed by atoms with Crippen LogP contribution < -0.4 is 4.74 Å². The minimum absolute atomic E-state index is 0.0600. The normalized spacial score (nSPS) is 18.2. The quantitative estimate of drug-likeness (QED) is 0.932. The second kappa shape index (κ2) is 5.36. The van der Waals surface area contributed by atoms with Gasteiger partial charge in [-0.05, 0) is 43.2 Å². The van der Waals surface area contributed by atoms with Gasteiger partial charge in [0, 0.05) is 18.3 Å². The topological polar surface area (TPSA) is 58.2 Å². The molecule has 5 heteroatoms. The number of carbonyl (C=O) groups is 1. The van der Waals surface area contributed by atoms with Crippen LogP contribution in [0.4, 0.5) is 0 Å². The molecule has 2 aromatic rings. The molecule has 0 unspecified atom stereocenters. The van der Waals surface area contributed by atoms with Crippen LogP contribution in [0.15, 0.2) is 36.5 Å². The Hall–Kier alpha value is -2.30. The second-order valence-electron chi connectivity index (χ2n) is 4.90. The first-order valence-electron chi connectivity index (χ1n) is 6.74. The Balaban J connectivity index is 1.81. The van der Waals surface area contributed by atoms with E-state index in [1.54, 1.807) is 13.3 Å². The van der Waals surface area contributed by atoms with E-state index in [9.17, 15) is 4.79 Å². The zero-order valence-corrected chi connectivity index (χ0v) is 11.4. The van der Waals surface area contributed by atoms with Crippen molar-refractivity contribution >= 4 is 5.91 Å². The van der Waals surface area contributed by atoms with Crippen LogP contribution in [0.2, 0.25) is 0 Å². The Kier molecular flexibility index (Phi) is 3.41. The first-order valence-corrected chi connectivity index (χ1v) is 6.74. The van der Waals surface area contributed by atoms with E-state index in [2.05, 4.69) is 10.2 Å². The molecule has 1 aliphatic rings. The summed E-state index contributed by atoms with van der Waals surface area (Å²) in [7, 11) is 1.62. The average Bonchev–Trinajstić information content (AvgIpc) is 3.16. The zero-order chi connectivity index (χ0) is 13.9. The summed E-state index contributed by atoms with van der Waals surface area (Å²) in [4.78, 5) is 14.5. The van der Waals surface area contributed by atoms with Crippen molar-refractivity contribution in [2.24, 2.45) is 0 Å². The van der Waals surface area contributed by atoms with Crippen molar-refractivity contribution in [3.05, 3.63) is 47.8 Å². The molecule has 1 aliphatic heterocycles. The lowest BCUT2D eigenvalue weighted by atomic mass is 10.1. The number of ether oxygens (including phenoxy) is 1. The van der Waals surface area contributed by atoms with Gasteiger partial charge in [0.1, 0.15) is 5.75 Å². The third kappa shape index (κ3) is 2.27. The number of likely N-dealkylation sites (tertiary alicyclic amines) is 1. The predicted octanol–water partition coefficient (Wildman–Crippen LogP) is 2.40. The van der Waals surface area contributed by atoms with E-state index in [1.807, 2.05) is 35.2 Å². The molecule has 1 aromatic heterocycles. The van der Waals surface area contributed by atoms with Gasteiger partial charge in [-0.15, -0.1) is 0 Å². The smallest absolute Gasteiger partial charge is 0.254 e. The number of rotatable bonds is 3. The molecule has 0 aliphatic carbocycles. The minimum atomic E-state index is 0.0600. The summed E-state index contributed by atoms with van der Waals surface area (Å²) in [6, 6.07) is 9.28. The number of aromatic nitrogens is 2. The Bertz CT molecular complexity index is 578. The van der Waals surface area contributed by atoms with Crippen molar-refractivity contribution in [1.29, 1.82) is 0 Å². The van der Waals surface area contributed by atoms with E-state index in [-0.39, 0.29) is 11.9 Å². The highest BCUT2D eigenvalue weighted by atomic mass is 16.5. The first kappa shape index (κ1) is 12.7. The number of H-pyrrole nitrogens is 1. The van der Waals surface area contributed by atoms with Gasteiger partial charge in [0.15, 0.2) is 0 Å². The number of benzene rings is 1. The van der Waals surface area contributed by atoms with Gasteiger partial charge in [0.05, 0.1) is 18.8 Å². The van der Waals surface area contributed by atoms with Crippen LogP contribution in [0.25, 0.3) is 0 Å². The van der Waals surface area contributed by atoms with Crippen LogP contribution in [0.5, 0.6) is 5.75 Å². The molecule has 1 amide bonds. The van der Waals surface area contributed by atoms with E-state index < -0.39 is 0 Å². The van der Waals surface area contributed by atoms with Crippen molar-refractivity contribution in [3.63, 3.8) is 0 Å². The summed E-state index contributed by atoms with van der Waals surface area (Å²) in [6.45, 7) is 0.786. The fraction of sp³-hybridized carbons (Fsp3) is 0.333. The lowest BCUT2D eigenvalue weighted by molar-refractivity contribution is 0.0733. The van der Waals surface area contributed by atoms with Gasteiger partial charge in [0.25, 0.3) is 5.91 Å². The molecule has 104 valence electrons. The Labute approximate surface area is 117 Å². The largest absolute Gasteiger partial charge is 0.497 e. The van der Waals surface area contributed by atoms with Crippen molar-refractivity contribution in [2.45, 2.75) is 18.9 Å². The lowest BCUT2D eigenvalue weighted by Gasteiger charge is -2.23. The van der Waals surface area contributed by atoms with Gasteiger partial charge in [-0.2, -0.15) is 5.10 Å². The molecule has 0 saturated carbocycles. The number of nitrogens with zero attached hydrogens (tertiary/aromatic N) is 2. The highest BCUT2D eigenvalue weighted by Crippen LogP contribution is 2.32. The maximum Gasteiger partial charge on any atom is 0.254 e. The molecule has 5 nitrogen and oxygen atoms in total. The number of aromatic amines is 1. The fourth-order valence-corrected chi connectivity index (χ4v) is 2.68. The highest BCUT2D eigenvalue weighted by molar-refractivity contribution is 5.94. The molecule has 1 saturated heterocycles. The van der Waals surface area contributed by atoms with Gasteiger partial charge in [-0.25, -0.2) is 0 Å². The van der Waals surface area contributed by atoms with E-state index in [1.165, 1.54) is 0 Å². The number of amides is 1. The van der Waals surface area contributed by atoms with E-state index in [4.69, 9.17) is 4.74 Å². The lowest BCUT2D eigenvalue weighted by Crippen LogP contribution is -2.30. The third-order valence-corrected chi connectivity index (χ3v) is 3.73. The van der Waals surface area contributed by atoms with Gasteiger partial charge < -0.3 is 9.64 Å². The summed E-state index contributed by atoms with van der Waals surface area (Å²) in [6.07, 6.45) is 3.72. The Morgan fingerprint density at radius 1 is 1.35 bits per heavy atom. The third-order valence-electron chi connectivity index (χ3n) is 3.73. The number of hydrogen-bond acceptors (Lipinski definition) is 3. The Morgan fingerprint density at radius 2 is 2.15 bits per heavy atom. The van der Waals surface area contributed by atoms with Crippen LogP contribution >= 0.6 is 0 Å². The molecule has 0 spiro atoms. The van der Waals surface area contributed by atoms with Crippen molar-refractivity contribution in [1.82, 2.24) is 15.1 Å². The first-order chi connectivity index (χ1) is 9.79. The highest BCUT2D eigenvalue weighted by Gasteiger charge is 2.31. The molecule has 1 aromatic carbocycles. The second-order valence-corrected chi connectivity index (χ2v) is 4.90. The van der Waals surface area contributed by atoms with Crippen LogP contribution in [0.3, 0.4) is 0 Å². The fourth-order valence-electron chi connectivity index (χ4n) is 2.68. The Morgan fingerprint density at radius 3 is 2.80 bits per heavy atom. The maximum absolute atomic E-state index is 12.6. The molecule has 1 fully saturated rings. The van der Waals surface area contributed by atoms with Crippen molar-refractivity contribution in [3.8, 4) is 5.75 Å².